The van der Waals surface area contributed by atoms with Crippen LogP contribution in [0.1, 0.15) is 16.5 Å². The van der Waals surface area contributed by atoms with Crippen LogP contribution >= 0.6 is 59.1 Å². The Morgan fingerprint density at radius 2 is 1.71 bits per heavy atom. The number of rotatable bonds is 3. The molecule has 0 saturated heterocycles. The zero-order valence-corrected chi connectivity index (χ0v) is 16.7. The van der Waals surface area contributed by atoms with Crippen molar-refractivity contribution in [2.24, 2.45) is 0 Å². The van der Waals surface area contributed by atoms with Gasteiger partial charge in [0.1, 0.15) is 13.2 Å². The summed E-state index contributed by atoms with van der Waals surface area (Å²) in [5, 5.41) is 3.37. The molecular weight excluding hydrogens is 486 g/mol. The van der Waals surface area contributed by atoms with Crippen molar-refractivity contribution in [1.29, 1.82) is 0 Å². The highest BCUT2D eigenvalue weighted by atomic mass is 79.9. The summed E-state index contributed by atoms with van der Waals surface area (Å²) in [7, 11) is 1.95. The molecule has 3 nitrogen and oxygen atoms in total. The van der Waals surface area contributed by atoms with Crippen LogP contribution in [-0.4, -0.2) is 20.3 Å². The molecule has 0 spiro atoms. The van der Waals surface area contributed by atoms with Gasteiger partial charge in [-0.1, -0.05) is 15.9 Å². The van der Waals surface area contributed by atoms with Gasteiger partial charge >= 0.3 is 0 Å². The summed E-state index contributed by atoms with van der Waals surface area (Å²) in [6.45, 7) is 1.19. The van der Waals surface area contributed by atoms with E-state index < -0.39 is 0 Å². The van der Waals surface area contributed by atoms with Gasteiger partial charge < -0.3 is 14.8 Å². The van der Waals surface area contributed by atoms with E-state index in [1.165, 1.54) is 4.88 Å². The standard InChI is InChI=1S/C14H12Br3NO2S/c1-18-13(12-6-9(16)14(17)21-12)7-4-10-11(5-8(7)15)20-3-2-19-10/h4-6,13,18H,2-3H2,1H3. The minimum atomic E-state index is 0.0859. The molecule has 0 fully saturated rings. The van der Waals surface area contributed by atoms with Crippen LogP contribution in [0.4, 0.5) is 0 Å². The van der Waals surface area contributed by atoms with E-state index in [-0.39, 0.29) is 6.04 Å². The molecular formula is C14H12Br3NO2S. The van der Waals surface area contributed by atoms with Gasteiger partial charge in [-0.15, -0.1) is 11.3 Å². The predicted octanol–water partition coefficient (Wildman–Crippen LogP) is 5.12. The van der Waals surface area contributed by atoms with Crippen LogP contribution in [0, 0.1) is 0 Å². The summed E-state index contributed by atoms with van der Waals surface area (Å²) in [6, 6.07) is 6.23. The van der Waals surface area contributed by atoms with Crippen LogP contribution in [0.25, 0.3) is 0 Å². The lowest BCUT2D eigenvalue weighted by Crippen LogP contribution is -2.19. The zero-order chi connectivity index (χ0) is 15.0. The maximum absolute atomic E-state index is 5.69. The predicted molar refractivity (Wildman–Crippen MR) is 95.8 cm³/mol. The van der Waals surface area contributed by atoms with Crippen molar-refractivity contribution in [1.82, 2.24) is 5.32 Å². The molecule has 3 rings (SSSR count). The number of nitrogens with one attached hydrogen (secondary N) is 1. The zero-order valence-electron chi connectivity index (χ0n) is 11.1. The van der Waals surface area contributed by atoms with E-state index in [1.807, 2.05) is 19.2 Å². The van der Waals surface area contributed by atoms with Gasteiger partial charge in [-0.25, -0.2) is 0 Å². The molecule has 1 aromatic heterocycles. The summed E-state index contributed by atoms with van der Waals surface area (Å²) in [4.78, 5) is 1.22. The third-order valence-corrected chi connectivity index (χ3v) is 7.22. The fourth-order valence-electron chi connectivity index (χ4n) is 2.26. The number of hydrogen-bond acceptors (Lipinski definition) is 4. The number of halogens is 3. The van der Waals surface area contributed by atoms with E-state index in [0.29, 0.717) is 13.2 Å². The van der Waals surface area contributed by atoms with Crippen molar-refractivity contribution in [3.05, 3.63) is 41.4 Å². The highest BCUT2D eigenvalue weighted by Gasteiger charge is 2.22. The lowest BCUT2D eigenvalue weighted by Gasteiger charge is -2.23. The van der Waals surface area contributed by atoms with Gasteiger partial charge in [0.25, 0.3) is 0 Å². The molecule has 0 saturated carbocycles. The second-order valence-corrected chi connectivity index (χ2v) is 8.62. The largest absolute Gasteiger partial charge is 0.486 e. The number of hydrogen-bond donors (Lipinski definition) is 1. The van der Waals surface area contributed by atoms with Crippen LogP contribution in [-0.2, 0) is 0 Å². The van der Waals surface area contributed by atoms with Gasteiger partial charge in [0, 0.05) is 13.8 Å². The van der Waals surface area contributed by atoms with Crippen LogP contribution in [0.15, 0.2) is 30.9 Å². The second-order valence-electron chi connectivity index (χ2n) is 4.51. The quantitative estimate of drug-likeness (QED) is 0.639. The number of ether oxygens (including phenoxy) is 2. The molecule has 0 bridgehead atoms. The minimum Gasteiger partial charge on any atom is -0.486 e. The summed E-state index contributed by atoms with van der Waals surface area (Å²) in [6.07, 6.45) is 0. The maximum Gasteiger partial charge on any atom is 0.162 e. The van der Waals surface area contributed by atoms with E-state index in [0.717, 1.165) is 29.8 Å². The Hall–Kier alpha value is -0.0800. The average molecular weight is 498 g/mol. The molecule has 0 amide bonds. The molecule has 112 valence electrons. The van der Waals surface area contributed by atoms with Gasteiger partial charge in [-0.05, 0) is 62.7 Å². The van der Waals surface area contributed by atoms with Crippen LogP contribution in [0.2, 0.25) is 0 Å². The van der Waals surface area contributed by atoms with Crippen molar-refractivity contribution in [3.8, 4) is 11.5 Å². The Morgan fingerprint density at radius 3 is 2.29 bits per heavy atom. The van der Waals surface area contributed by atoms with E-state index in [2.05, 4.69) is 59.2 Å². The minimum absolute atomic E-state index is 0.0859. The molecule has 2 aromatic rings. The highest BCUT2D eigenvalue weighted by molar-refractivity contribution is 9.13. The second kappa shape index (κ2) is 6.58. The van der Waals surface area contributed by atoms with Crippen molar-refractivity contribution < 1.29 is 9.47 Å². The summed E-state index contributed by atoms with van der Waals surface area (Å²) in [5.74, 6) is 1.59. The molecule has 7 heteroatoms. The molecule has 1 aliphatic rings. The third kappa shape index (κ3) is 3.17. The SMILES string of the molecule is CNC(c1cc(Br)c(Br)s1)c1cc2c(cc1Br)OCCO2. The molecule has 1 aromatic carbocycles. The first-order chi connectivity index (χ1) is 10.1. The number of thiophene rings is 1. The van der Waals surface area contributed by atoms with Crippen LogP contribution in [0.3, 0.4) is 0 Å². The fourth-order valence-corrected chi connectivity index (χ4v) is 5.03. The Kier molecular flexibility index (Phi) is 4.95. The van der Waals surface area contributed by atoms with Crippen LogP contribution in [0.5, 0.6) is 11.5 Å². The monoisotopic (exact) mass is 495 g/mol. The normalized spacial score (nSPS) is 15.0. The summed E-state index contributed by atoms with van der Waals surface area (Å²) >= 11 is 12.4. The first kappa shape index (κ1) is 15.8. The van der Waals surface area contributed by atoms with Gasteiger partial charge in [-0.3, -0.25) is 0 Å². The summed E-state index contributed by atoms with van der Waals surface area (Å²) < 4.78 is 14.5. The Labute approximate surface area is 152 Å². The van der Waals surface area contributed by atoms with Crippen molar-refractivity contribution >= 4 is 59.1 Å². The smallest absolute Gasteiger partial charge is 0.162 e. The average Bonchev–Trinajstić information content (AvgIpc) is 2.80. The first-order valence-electron chi connectivity index (χ1n) is 6.31. The number of fused-ring (bicyclic) bond motifs is 1. The lowest BCUT2D eigenvalue weighted by molar-refractivity contribution is 0.171. The van der Waals surface area contributed by atoms with Crippen molar-refractivity contribution in [3.63, 3.8) is 0 Å². The molecule has 2 heterocycles. The van der Waals surface area contributed by atoms with Crippen molar-refractivity contribution in [2.45, 2.75) is 6.04 Å². The van der Waals surface area contributed by atoms with Gasteiger partial charge in [-0.2, -0.15) is 0 Å². The van der Waals surface area contributed by atoms with Gasteiger partial charge in [0.2, 0.25) is 0 Å². The molecule has 1 atom stereocenters. The molecule has 1 N–H and O–H groups in total. The molecule has 21 heavy (non-hydrogen) atoms. The van der Waals surface area contributed by atoms with E-state index >= 15 is 0 Å². The Morgan fingerprint density at radius 1 is 1.05 bits per heavy atom. The first-order valence-corrected chi connectivity index (χ1v) is 9.50. The van der Waals surface area contributed by atoms with E-state index in [9.17, 15) is 0 Å². The molecule has 1 aliphatic heterocycles. The topological polar surface area (TPSA) is 30.5 Å². The molecule has 1 unspecified atom stereocenters. The lowest BCUT2D eigenvalue weighted by atomic mass is 10.0. The van der Waals surface area contributed by atoms with Crippen molar-refractivity contribution in [2.75, 3.05) is 20.3 Å². The van der Waals surface area contributed by atoms with Gasteiger partial charge in [0.05, 0.1) is 9.83 Å². The molecule has 0 aliphatic carbocycles. The fraction of sp³-hybridized carbons (Fsp3) is 0.286. The Bertz CT molecular complexity index is 655. The van der Waals surface area contributed by atoms with E-state index in [4.69, 9.17) is 9.47 Å². The number of benzene rings is 1. The summed E-state index contributed by atoms with van der Waals surface area (Å²) in [5.41, 5.74) is 1.13. The third-order valence-electron chi connectivity index (χ3n) is 3.21. The maximum atomic E-state index is 5.69. The molecule has 0 radical (unpaired) electrons. The van der Waals surface area contributed by atoms with Gasteiger partial charge in [0.15, 0.2) is 11.5 Å². The highest BCUT2D eigenvalue weighted by Crippen LogP contribution is 2.42. The Balaban J connectivity index is 2.04. The van der Waals surface area contributed by atoms with Crippen LogP contribution < -0.4 is 14.8 Å². The van der Waals surface area contributed by atoms with E-state index in [1.54, 1.807) is 11.3 Å².